The van der Waals surface area contributed by atoms with Gasteiger partial charge in [-0.2, -0.15) is 0 Å². The van der Waals surface area contributed by atoms with Crippen LogP contribution < -0.4 is 14.2 Å². The van der Waals surface area contributed by atoms with Crippen LogP contribution in [0, 0.1) is 5.92 Å². The van der Waals surface area contributed by atoms with Crippen LogP contribution >= 0.6 is 0 Å². The summed E-state index contributed by atoms with van der Waals surface area (Å²) in [5, 5.41) is 10.6. The highest BCUT2D eigenvalue weighted by molar-refractivity contribution is 5.54. The molecule has 1 N–H and O–H groups in total. The second-order valence-corrected chi connectivity index (χ2v) is 9.03. The van der Waals surface area contributed by atoms with E-state index in [-0.39, 0.29) is 17.3 Å². The molecule has 0 aromatic heterocycles. The number of hydrogen-bond donors (Lipinski definition) is 1. The van der Waals surface area contributed by atoms with E-state index in [1.54, 1.807) is 6.07 Å². The number of fused-ring (bicyclic) bond motifs is 3. The van der Waals surface area contributed by atoms with Gasteiger partial charge in [0, 0.05) is 23.1 Å². The number of ether oxygens (including phenoxy) is 3. The molecular formula is C24H30O4. The lowest BCUT2D eigenvalue weighted by molar-refractivity contribution is 0.0826. The Morgan fingerprint density at radius 3 is 2.79 bits per heavy atom. The normalized spacial score (nSPS) is 20.0. The zero-order valence-corrected chi connectivity index (χ0v) is 17.2. The van der Waals surface area contributed by atoms with Crippen LogP contribution in [0.5, 0.6) is 23.0 Å². The molecule has 28 heavy (non-hydrogen) atoms. The average Bonchev–Trinajstić information content (AvgIpc) is 2.65. The van der Waals surface area contributed by atoms with Crippen LogP contribution in [0.2, 0.25) is 0 Å². The van der Waals surface area contributed by atoms with Crippen LogP contribution in [0.15, 0.2) is 30.3 Å². The Morgan fingerprint density at radius 1 is 1.21 bits per heavy atom. The third-order valence-electron chi connectivity index (χ3n) is 5.58. The fourth-order valence-electron chi connectivity index (χ4n) is 4.04. The van der Waals surface area contributed by atoms with Crippen molar-refractivity contribution in [3.63, 3.8) is 0 Å². The Hall–Kier alpha value is -2.36. The fourth-order valence-corrected chi connectivity index (χ4v) is 4.04. The predicted molar refractivity (Wildman–Crippen MR) is 110 cm³/mol. The highest BCUT2D eigenvalue weighted by Gasteiger charge is 2.32. The van der Waals surface area contributed by atoms with E-state index in [1.165, 1.54) is 11.1 Å². The average molecular weight is 383 g/mol. The van der Waals surface area contributed by atoms with Gasteiger partial charge in [-0.1, -0.05) is 26.0 Å². The maximum absolute atomic E-state index is 10.6. The number of benzene rings is 2. The molecule has 1 atom stereocenters. The van der Waals surface area contributed by atoms with Gasteiger partial charge in [0.2, 0.25) is 0 Å². The van der Waals surface area contributed by atoms with E-state index >= 15 is 0 Å². The van der Waals surface area contributed by atoms with Crippen LogP contribution in [-0.2, 0) is 12.8 Å². The Morgan fingerprint density at radius 2 is 2.04 bits per heavy atom. The standard InChI is InChI=1S/C24H30O4/c1-15(2)13-26-18-6-7-19(21(25)12-18)17-11-16-5-8-22-20(23(16)27-14-17)9-10-24(3,4)28-22/h5-8,12,15,17,25H,9-11,13-14H2,1-4H3. The van der Waals surface area contributed by atoms with Crippen LogP contribution in [-0.4, -0.2) is 23.9 Å². The Bertz CT molecular complexity index is 869. The van der Waals surface area contributed by atoms with E-state index in [9.17, 15) is 5.11 Å². The summed E-state index contributed by atoms with van der Waals surface area (Å²) in [5.41, 5.74) is 3.18. The molecule has 0 spiro atoms. The van der Waals surface area contributed by atoms with E-state index in [4.69, 9.17) is 14.2 Å². The molecule has 4 rings (SSSR count). The van der Waals surface area contributed by atoms with Crippen molar-refractivity contribution < 1.29 is 19.3 Å². The van der Waals surface area contributed by atoms with Crippen LogP contribution in [0.4, 0.5) is 0 Å². The third kappa shape index (κ3) is 3.78. The molecule has 2 heterocycles. The molecule has 0 radical (unpaired) electrons. The van der Waals surface area contributed by atoms with E-state index < -0.39 is 0 Å². The van der Waals surface area contributed by atoms with Crippen molar-refractivity contribution in [2.75, 3.05) is 13.2 Å². The lowest BCUT2D eigenvalue weighted by Crippen LogP contribution is -2.33. The Labute approximate surface area is 167 Å². The molecule has 0 bridgehead atoms. The largest absolute Gasteiger partial charge is 0.508 e. The molecule has 0 saturated heterocycles. The number of phenolic OH excluding ortho intramolecular Hbond substituents is 1. The number of rotatable bonds is 4. The van der Waals surface area contributed by atoms with Crippen molar-refractivity contribution in [2.45, 2.75) is 58.5 Å². The molecule has 4 heteroatoms. The van der Waals surface area contributed by atoms with Crippen molar-refractivity contribution in [3.05, 3.63) is 47.0 Å². The summed E-state index contributed by atoms with van der Waals surface area (Å²) < 4.78 is 18.1. The molecule has 2 aromatic carbocycles. The van der Waals surface area contributed by atoms with E-state index in [0.29, 0.717) is 24.9 Å². The molecular weight excluding hydrogens is 352 g/mol. The van der Waals surface area contributed by atoms with Crippen molar-refractivity contribution in [3.8, 4) is 23.0 Å². The maximum Gasteiger partial charge on any atom is 0.129 e. The van der Waals surface area contributed by atoms with Crippen LogP contribution in [0.3, 0.4) is 0 Å². The lowest BCUT2D eigenvalue weighted by Gasteiger charge is -2.35. The monoisotopic (exact) mass is 382 g/mol. The van der Waals surface area contributed by atoms with Crippen molar-refractivity contribution in [1.82, 2.24) is 0 Å². The van der Waals surface area contributed by atoms with Gasteiger partial charge in [0.25, 0.3) is 0 Å². The van der Waals surface area contributed by atoms with Gasteiger partial charge in [-0.15, -0.1) is 0 Å². The van der Waals surface area contributed by atoms with Gasteiger partial charge in [0.05, 0.1) is 13.2 Å². The minimum atomic E-state index is -0.121. The molecule has 2 aliphatic heterocycles. The zero-order valence-electron chi connectivity index (χ0n) is 17.2. The SMILES string of the molecule is CC(C)COc1ccc(C2COc3c(ccc4c3CCC(C)(C)O4)C2)c(O)c1. The molecule has 0 aliphatic carbocycles. The summed E-state index contributed by atoms with van der Waals surface area (Å²) in [6.45, 7) is 9.67. The van der Waals surface area contributed by atoms with Gasteiger partial charge >= 0.3 is 0 Å². The first-order chi connectivity index (χ1) is 13.3. The molecule has 2 aromatic rings. The Kier molecular flexibility index (Phi) is 4.90. The molecule has 1 unspecified atom stereocenters. The second-order valence-electron chi connectivity index (χ2n) is 9.03. The van der Waals surface area contributed by atoms with Crippen LogP contribution in [0.25, 0.3) is 0 Å². The first-order valence-electron chi connectivity index (χ1n) is 10.2. The molecule has 2 aliphatic rings. The van der Waals surface area contributed by atoms with Gasteiger partial charge in [-0.05, 0) is 56.7 Å². The molecule has 0 fully saturated rings. The minimum Gasteiger partial charge on any atom is -0.508 e. The van der Waals surface area contributed by atoms with Crippen molar-refractivity contribution in [1.29, 1.82) is 0 Å². The minimum absolute atomic E-state index is 0.121. The molecule has 0 amide bonds. The number of phenols is 1. The summed E-state index contributed by atoms with van der Waals surface area (Å²) in [5.74, 6) is 3.50. The first kappa shape index (κ1) is 19.0. The van der Waals surface area contributed by atoms with Gasteiger partial charge in [-0.3, -0.25) is 0 Å². The highest BCUT2D eigenvalue weighted by atomic mass is 16.5. The van der Waals surface area contributed by atoms with Crippen molar-refractivity contribution >= 4 is 0 Å². The lowest BCUT2D eigenvalue weighted by atomic mass is 9.86. The quantitative estimate of drug-likeness (QED) is 0.785. The van der Waals surface area contributed by atoms with Gasteiger partial charge < -0.3 is 19.3 Å². The number of aromatic hydroxyl groups is 1. The fraction of sp³-hybridized carbons (Fsp3) is 0.500. The van der Waals surface area contributed by atoms with Gasteiger partial charge in [0.1, 0.15) is 28.6 Å². The van der Waals surface area contributed by atoms with Crippen molar-refractivity contribution in [2.24, 2.45) is 5.92 Å². The predicted octanol–water partition coefficient (Wildman–Crippen LogP) is 5.25. The topological polar surface area (TPSA) is 47.9 Å². The zero-order chi connectivity index (χ0) is 19.9. The summed E-state index contributed by atoms with van der Waals surface area (Å²) >= 11 is 0. The number of hydrogen-bond acceptors (Lipinski definition) is 4. The molecule has 4 nitrogen and oxygen atoms in total. The van der Waals surface area contributed by atoms with E-state index in [0.717, 1.165) is 36.3 Å². The molecule has 0 saturated carbocycles. The highest BCUT2D eigenvalue weighted by Crippen LogP contribution is 2.45. The summed E-state index contributed by atoms with van der Waals surface area (Å²) in [6, 6.07) is 9.81. The Balaban J connectivity index is 1.53. The van der Waals surface area contributed by atoms with Gasteiger partial charge in [0.15, 0.2) is 0 Å². The maximum atomic E-state index is 10.6. The first-order valence-corrected chi connectivity index (χ1v) is 10.2. The second kappa shape index (κ2) is 7.23. The van der Waals surface area contributed by atoms with Crippen LogP contribution in [0.1, 0.15) is 56.7 Å². The molecule has 150 valence electrons. The summed E-state index contributed by atoms with van der Waals surface area (Å²) in [4.78, 5) is 0. The van der Waals surface area contributed by atoms with Gasteiger partial charge in [-0.25, -0.2) is 0 Å². The summed E-state index contributed by atoms with van der Waals surface area (Å²) in [6.07, 6.45) is 2.82. The third-order valence-corrected chi connectivity index (χ3v) is 5.58. The summed E-state index contributed by atoms with van der Waals surface area (Å²) in [7, 11) is 0. The van der Waals surface area contributed by atoms with E-state index in [1.807, 2.05) is 12.1 Å². The van der Waals surface area contributed by atoms with E-state index in [2.05, 4.69) is 39.8 Å². The smallest absolute Gasteiger partial charge is 0.129 e.